The van der Waals surface area contributed by atoms with Gasteiger partial charge in [0.25, 0.3) is 5.91 Å². The van der Waals surface area contributed by atoms with Gasteiger partial charge >= 0.3 is 0 Å². The van der Waals surface area contributed by atoms with Gasteiger partial charge < -0.3 is 19.9 Å². The lowest BCUT2D eigenvalue weighted by Crippen LogP contribution is -2.44. The van der Waals surface area contributed by atoms with Crippen LogP contribution in [0.4, 0.5) is 0 Å². The highest BCUT2D eigenvalue weighted by molar-refractivity contribution is 5.92. The van der Waals surface area contributed by atoms with E-state index in [1.165, 1.54) is 0 Å². The summed E-state index contributed by atoms with van der Waals surface area (Å²) >= 11 is 0. The van der Waals surface area contributed by atoms with Crippen LogP contribution in [-0.2, 0) is 11.3 Å². The molecule has 1 amide bonds. The fourth-order valence-electron chi connectivity index (χ4n) is 2.53. The van der Waals surface area contributed by atoms with Crippen LogP contribution in [0.2, 0.25) is 0 Å². The van der Waals surface area contributed by atoms with Crippen LogP contribution in [0.3, 0.4) is 0 Å². The van der Waals surface area contributed by atoms with E-state index in [2.05, 4.69) is 5.16 Å². The topological polar surface area (TPSA) is 81.6 Å². The highest BCUT2D eigenvalue weighted by Gasteiger charge is 2.28. The molecule has 1 saturated heterocycles. The van der Waals surface area contributed by atoms with Crippen LogP contribution < -0.4 is 5.73 Å². The van der Waals surface area contributed by atoms with Gasteiger partial charge in [-0.05, 0) is 32.2 Å². The van der Waals surface area contributed by atoms with Crippen molar-refractivity contribution in [3.05, 3.63) is 17.5 Å². The first-order valence-corrected chi connectivity index (χ1v) is 6.72. The van der Waals surface area contributed by atoms with Gasteiger partial charge in [0.05, 0.1) is 0 Å². The SMILES string of the molecule is COCc1cc(C(=O)N2CCCC[C@H]2CCN)no1. The van der Waals surface area contributed by atoms with Crippen LogP contribution in [0.5, 0.6) is 0 Å². The van der Waals surface area contributed by atoms with E-state index in [1.807, 2.05) is 4.90 Å². The molecule has 1 aliphatic heterocycles. The summed E-state index contributed by atoms with van der Waals surface area (Å²) in [5.41, 5.74) is 5.97. The first-order chi connectivity index (χ1) is 9.26. The normalized spacial score (nSPS) is 19.7. The second-order valence-corrected chi connectivity index (χ2v) is 4.84. The number of hydrogen-bond acceptors (Lipinski definition) is 5. The van der Waals surface area contributed by atoms with E-state index in [0.29, 0.717) is 24.6 Å². The van der Waals surface area contributed by atoms with Gasteiger partial charge in [-0.1, -0.05) is 5.16 Å². The number of aromatic nitrogens is 1. The Bertz CT molecular complexity index is 417. The van der Waals surface area contributed by atoms with Crippen molar-refractivity contribution < 1.29 is 14.1 Å². The smallest absolute Gasteiger partial charge is 0.276 e. The molecule has 0 spiro atoms. The third-order valence-corrected chi connectivity index (χ3v) is 3.45. The second kappa shape index (κ2) is 6.68. The molecule has 6 heteroatoms. The number of methoxy groups -OCH3 is 1. The van der Waals surface area contributed by atoms with E-state index in [1.54, 1.807) is 13.2 Å². The number of carbonyl (C=O) groups excluding carboxylic acids is 1. The zero-order valence-electron chi connectivity index (χ0n) is 11.3. The van der Waals surface area contributed by atoms with Crippen LogP contribution in [0.25, 0.3) is 0 Å². The first kappa shape index (κ1) is 14.0. The number of amides is 1. The molecule has 6 nitrogen and oxygen atoms in total. The minimum Gasteiger partial charge on any atom is -0.377 e. The van der Waals surface area contributed by atoms with Crippen molar-refractivity contribution in [2.45, 2.75) is 38.3 Å². The maximum atomic E-state index is 12.4. The minimum absolute atomic E-state index is 0.0655. The average molecular weight is 267 g/mol. The van der Waals surface area contributed by atoms with Crippen molar-refractivity contribution in [1.29, 1.82) is 0 Å². The summed E-state index contributed by atoms with van der Waals surface area (Å²) in [4.78, 5) is 14.3. The summed E-state index contributed by atoms with van der Waals surface area (Å²) < 4.78 is 10.0. The highest BCUT2D eigenvalue weighted by Crippen LogP contribution is 2.21. The van der Waals surface area contributed by atoms with E-state index < -0.39 is 0 Å². The number of hydrogen-bond donors (Lipinski definition) is 1. The van der Waals surface area contributed by atoms with Crippen LogP contribution in [0.1, 0.15) is 41.9 Å². The molecule has 2 rings (SSSR count). The van der Waals surface area contributed by atoms with E-state index >= 15 is 0 Å². The number of nitrogens with zero attached hydrogens (tertiary/aromatic N) is 2. The largest absolute Gasteiger partial charge is 0.377 e. The Morgan fingerprint density at radius 1 is 1.63 bits per heavy atom. The zero-order valence-corrected chi connectivity index (χ0v) is 11.3. The molecule has 2 heterocycles. The lowest BCUT2D eigenvalue weighted by atomic mass is 9.99. The van der Waals surface area contributed by atoms with Crippen molar-refractivity contribution in [3.8, 4) is 0 Å². The van der Waals surface area contributed by atoms with Gasteiger partial charge in [-0.2, -0.15) is 0 Å². The molecule has 0 saturated carbocycles. The molecule has 19 heavy (non-hydrogen) atoms. The fraction of sp³-hybridized carbons (Fsp3) is 0.692. The Morgan fingerprint density at radius 3 is 3.21 bits per heavy atom. The molecule has 1 atom stereocenters. The summed E-state index contributed by atoms with van der Waals surface area (Å²) in [6, 6.07) is 1.88. The van der Waals surface area contributed by atoms with E-state index in [-0.39, 0.29) is 11.9 Å². The van der Waals surface area contributed by atoms with E-state index in [0.717, 1.165) is 32.2 Å². The molecular formula is C13H21N3O3. The molecule has 0 unspecified atom stereocenters. The minimum atomic E-state index is -0.0655. The van der Waals surface area contributed by atoms with Crippen molar-refractivity contribution in [3.63, 3.8) is 0 Å². The maximum Gasteiger partial charge on any atom is 0.276 e. The summed E-state index contributed by atoms with van der Waals surface area (Å²) in [6.45, 7) is 1.70. The average Bonchev–Trinajstić information content (AvgIpc) is 2.88. The Balaban J connectivity index is 2.07. The number of piperidine rings is 1. The summed E-state index contributed by atoms with van der Waals surface area (Å²) in [6.07, 6.45) is 4.05. The van der Waals surface area contributed by atoms with Gasteiger partial charge in [-0.15, -0.1) is 0 Å². The van der Waals surface area contributed by atoms with Crippen LogP contribution in [-0.4, -0.2) is 42.2 Å². The second-order valence-electron chi connectivity index (χ2n) is 4.84. The molecule has 1 fully saturated rings. The molecule has 0 bridgehead atoms. The lowest BCUT2D eigenvalue weighted by molar-refractivity contribution is 0.0594. The third-order valence-electron chi connectivity index (χ3n) is 3.45. The molecule has 1 aliphatic rings. The van der Waals surface area contributed by atoms with Gasteiger partial charge in [-0.25, -0.2) is 0 Å². The van der Waals surface area contributed by atoms with E-state index in [4.69, 9.17) is 15.0 Å². The number of likely N-dealkylation sites (tertiary alicyclic amines) is 1. The van der Waals surface area contributed by atoms with Crippen molar-refractivity contribution in [1.82, 2.24) is 10.1 Å². The predicted molar refractivity (Wildman–Crippen MR) is 69.6 cm³/mol. The Morgan fingerprint density at radius 2 is 2.47 bits per heavy atom. The fourth-order valence-corrected chi connectivity index (χ4v) is 2.53. The Labute approximate surface area is 112 Å². The quantitative estimate of drug-likeness (QED) is 0.865. The monoisotopic (exact) mass is 267 g/mol. The first-order valence-electron chi connectivity index (χ1n) is 6.72. The summed E-state index contributed by atoms with van der Waals surface area (Å²) in [5, 5.41) is 3.83. The van der Waals surface area contributed by atoms with Crippen LogP contribution >= 0.6 is 0 Å². The maximum absolute atomic E-state index is 12.4. The summed E-state index contributed by atoms with van der Waals surface area (Å²) in [7, 11) is 1.58. The van der Waals surface area contributed by atoms with Crippen LogP contribution in [0.15, 0.2) is 10.6 Å². The Hall–Kier alpha value is -1.40. The lowest BCUT2D eigenvalue weighted by Gasteiger charge is -2.35. The van der Waals surface area contributed by atoms with Gasteiger partial charge in [0.2, 0.25) is 0 Å². The van der Waals surface area contributed by atoms with Gasteiger partial charge in [0.1, 0.15) is 6.61 Å². The molecule has 106 valence electrons. The molecular weight excluding hydrogens is 246 g/mol. The summed E-state index contributed by atoms with van der Waals surface area (Å²) in [5.74, 6) is 0.502. The van der Waals surface area contributed by atoms with Gasteiger partial charge in [-0.3, -0.25) is 4.79 Å². The number of nitrogens with two attached hydrogens (primary N) is 1. The van der Waals surface area contributed by atoms with Gasteiger partial charge in [0.15, 0.2) is 11.5 Å². The van der Waals surface area contributed by atoms with Crippen molar-refractivity contribution in [2.75, 3.05) is 20.2 Å². The molecule has 1 aromatic rings. The highest BCUT2D eigenvalue weighted by atomic mass is 16.5. The number of rotatable bonds is 5. The zero-order chi connectivity index (χ0) is 13.7. The third kappa shape index (κ3) is 3.33. The Kier molecular flexibility index (Phi) is 4.93. The number of carbonyl (C=O) groups is 1. The molecule has 1 aromatic heterocycles. The van der Waals surface area contributed by atoms with E-state index in [9.17, 15) is 4.79 Å². The molecule has 0 aromatic carbocycles. The van der Waals surface area contributed by atoms with Crippen molar-refractivity contribution >= 4 is 5.91 Å². The molecule has 0 aliphatic carbocycles. The molecule has 0 radical (unpaired) electrons. The predicted octanol–water partition coefficient (Wildman–Crippen LogP) is 1.16. The number of ether oxygens (including phenoxy) is 1. The van der Waals surface area contributed by atoms with Crippen molar-refractivity contribution in [2.24, 2.45) is 5.73 Å². The molecule has 2 N–H and O–H groups in total. The standard InChI is InChI=1S/C13H21N3O3/c1-18-9-11-8-12(15-19-11)13(17)16-7-3-2-4-10(16)5-6-14/h8,10H,2-7,9,14H2,1H3/t10-/m0/s1. The van der Waals surface area contributed by atoms with Crippen LogP contribution in [0, 0.1) is 0 Å². The van der Waals surface area contributed by atoms with Gasteiger partial charge in [0, 0.05) is 25.8 Å².